The van der Waals surface area contributed by atoms with E-state index in [2.05, 4.69) is 32.9 Å². The number of aliphatic hydroxyl groups is 2. The molecule has 0 saturated heterocycles. The van der Waals surface area contributed by atoms with E-state index < -0.39 is 11.6 Å². The summed E-state index contributed by atoms with van der Waals surface area (Å²) in [6, 6.07) is 14.1. The molecule has 0 amide bonds. The lowest BCUT2D eigenvalue weighted by molar-refractivity contribution is -0.164. The Morgan fingerprint density at radius 2 is 1.82 bits per heavy atom. The van der Waals surface area contributed by atoms with Gasteiger partial charge in [0.2, 0.25) is 0 Å². The van der Waals surface area contributed by atoms with E-state index in [4.69, 9.17) is 4.74 Å². The minimum atomic E-state index is -0.732. The van der Waals surface area contributed by atoms with Crippen molar-refractivity contribution >= 4 is 17.7 Å². The summed E-state index contributed by atoms with van der Waals surface area (Å²) in [4.78, 5) is 14.4. The van der Waals surface area contributed by atoms with Crippen LogP contribution in [0.25, 0.3) is 0 Å². The number of thioether (sulfide) groups is 1. The Labute approximate surface area is 202 Å². The molecule has 0 fully saturated rings. The number of carbonyl (C=O) groups is 1. The van der Waals surface area contributed by atoms with Gasteiger partial charge in [-0.05, 0) is 59.4 Å². The molecule has 1 atom stereocenters. The van der Waals surface area contributed by atoms with Gasteiger partial charge in [0.05, 0.1) is 6.61 Å². The second-order valence-electron chi connectivity index (χ2n) is 10.3. The van der Waals surface area contributed by atoms with Gasteiger partial charge in [-0.15, -0.1) is 0 Å². The molecule has 0 radical (unpaired) electrons. The van der Waals surface area contributed by atoms with E-state index >= 15 is 0 Å². The van der Waals surface area contributed by atoms with Crippen LogP contribution in [-0.2, 0) is 28.0 Å². The van der Waals surface area contributed by atoms with Crippen LogP contribution in [0, 0.1) is 12.8 Å². The van der Waals surface area contributed by atoms with Crippen LogP contribution in [0.5, 0.6) is 0 Å². The summed E-state index contributed by atoms with van der Waals surface area (Å²) in [5, 5.41) is 20.8. The lowest BCUT2D eigenvalue weighted by Crippen LogP contribution is -2.44. The maximum Gasteiger partial charge on any atom is 0.349 e. The first-order chi connectivity index (χ1) is 15.5. The molecule has 0 unspecified atom stereocenters. The summed E-state index contributed by atoms with van der Waals surface area (Å²) in [6.45, 7) is 12.3. The number of aliphatic hydroxyl groups excluding tert-OH is 2. The number of carbonyl (C=O) groups excluding carboxylic acids is 1. The van der Waals surface area contributed by atoms with Crippen molar-refractivity contribution in [1.82, 2.24) is 0 Å². The Bertz CT molecular complexity index is 1030. The van der Waals surface area contributed by atoms with E-state index in [1.807, 2.05) is 51.1 Å². The minimum absolute atomic E-state index is 0.0336. The Hall–Kier alpha value is -2.24. The molecule has 1 aliphatic heterocycles. The molecule has 1 aliphatic rings. The Morgan fingerprint density at radius 3 is 2.36 bits per heavy atom. The summed E-state index contributed by atoms with van der Waals surface area (Å²) in [6.07, 6.45) is 1.74. The zero-order valence-corrected chi connectivity index (χ0v) is 21.4. The number of rotatable bonds is 7. The van der Waals surface area contributed by atoms with Crippen molar-refractivity contribution < 1.29 is 19.7 Å². The fraction of sp³-hybridized carbons (Fsp3) is 0.464. The topological polar surface area (TPSA) is 66.8 Å². The van der Waals surface area contributed by atoms with Crippen molar-refractivity contribution in [1.29, 1.82) is 0 Å². The van der Waals surface area contributed by atoms with Crippen LogP contribution < -0.4 is 0 Å². The Balaban J connectivity index is 1.92. The third-order valence-corrected chi connectivity index (χ3v) is 7.73. The number of esters is 1. The van der Waals surface area contributed by atoms with Gasteiger partial charge in [-0.1, -0.05) is 82.8 Å². The second kappa shape index (κ2) is 9.94. The fourth-order valence-electron chi connectivity index (χ4n) is 4.28. The van der Waals surface area contributed by atoms with Gasteiger partial charge in [-0.2, -0.15) is 0 Å². The van der Waals surface area contributed by atoms with Gasteiger partial charge in [-0.25, -0.2) is 4.79 Å². The summed E-state index contributed by atoms with van der Waals surface area (Å²) in [5.74, 6) is -0.300. The molecular weight excluding hydrogens is 432 g/mol. The zero-order valence-electron chi connectivity index (χ0n) is 20.6. The molecule has 5 heteroatoms. The van der Waals surface area contributed by atoms with Gasteiger partial charge in [0.25, 0.3) is 0 Å². The molecular formula is C28H36O4S. The minimum Gasteiger partial charge on any atom is -0.511 e. The molecule has 3 rings (SSSR count). The Kier molecular flexibility index (Phi) is 7.65. The van der Waals surface area contributed by atoms with Crippen LogP contribution in [-0.4, -0.2) is 21.8 Å². The van der Waals surface area contributed by atoms with E-state index in [9.17, 15) is 15.0 Å². The van der Waals surface area contributed by atoms with Gasteiger partial charge in [0, 0.05) is 11.3 Å². The first kappa shape index (κ1) is 25.4. The van der Waals surface area contributed by atoms with Gasteiger partial charge >= 0.3 is 5.97 Å². The van der Waals surface area contributed by atoms with E-state index in [1.54, 1.807) is 0 Å². The molecule has 2 N–H and O–H groups in total. The average molecular weight is 469 g/mol. The van der Waals surface area contributed by atoms with Crippen molar-refractivity contribution in [2.24, 2.45) is 5.92 Å². The molecule has 1 heterocycles. The quantitative estimate of drug-likeness (QED) is 0.447. The highest BCUT2D eigenvalue weighted by atomic mass is 32.2. The maximum absolute atomic E-state index is 13.2. The predicted octanol–water partition coefficient (Wildman–Crippen LogP) is 6.62. The summed E-state index contributed by atoms with van der Waals surface area (Å²) in [7, 11) is 0. The van der Waals surface area contributed by atoms with Gasteiger partial charge in [-0.3, -0.25) is 0 Å². The summed E-state index contributed by atoms with van der Waals surface area (Å²) in [5.41, 5.74) is 3.12. The SMILES string of the molecule is Cc1cc(SC2=C(O)C[C@](CCc3ccccc3)(C(C)C)OC2=O)c(C(C)(C)C)cc1CO. The lowest BCUT2D eigenvalue weighted by atomic mass is 9.80. The highest BCUT2D eigenvalue weighted by molar-refractivity contribution is 8.04. The molecule has 2 aromatic carbocycles. The number of hydrogen-bond donors (Lipinski definition) is 2. The van der Waals surface area contributed by atoms with Gasteiger partial charge in [0.15, 0.2) is 0 Å². The predicted molar refractivity (Wildman–Crippen MR) is 134 cm³/mol. The fourth-order valence-corrected chi connectivity index (χ4v) is 5.52. The lowest BCUT2D eigenvalue weighted by Gasteiger charge is -2.40. The Morgan fingerprint density at radius 1 is 1.15 bits per heavy atom. The monoisotopic (exact) mass is 468 g/mol. The summed E-state index contributed by atoms with van der Waals surface area (Å²) < 4.78 is 6.10. The first-order valence-electron chi connectivity index (χ1n) is 11.6. The number of benzene rings is 2. The number of hydrogen-bond acceptors (Lipinski definition) is 5. The van der Waals surface area contributed by atoms with Crippen LogP contribution in [0.15, 0.2) is 58.0 Å². The molecule has 0 aliphatic carbocycles. The molecule has 0 saturated carbocycles. The molecule has 2 aromatic rings. The smallest absolute Gasteiger partial charge is 0.349 e. The molecule has 178 valence electrons. The van der Waals surface area contributed by atoms with Crippen LogP contribution in [0.1, 0.15) is 69.7 Å². The van der Waals surface area contributed by atoms with Crippen LogP contribution in [0.2, 0.25) is 0 Å². The average Bonchev–Trinajstić information content (AvgIpc) is 2.74. The van der Waals surface area contributed by atoms with E-state index in [1.165, 1.54) is 17.3 Å². The maximum atomic E-state index is 13.2. The van der Waals surface area contributed by atoms with Crippen LogP contribution in [0.3, 0.4) is 0 Å². The molecule has 0 spiro atoms. The van der Waals surface area contributed by atoms with Gasteiger partial charge < -0.3 is 14.9 Å². The normalized spacial score (nSPS) is 19.2. The third kappa shape index (κ3) is 5.64. The first-order valence-corrected chi connectivity index (χ1v) is 12.4. The molecule has 0 bridgehead atoms. The van der Waals surface area contributed by atoms with Crippen LogP contribution >= 0.6 is 11.8 Å². The van der Waals surface area contributed by atoms with Gasteiger partial charge in [0.1, 0.15) is 16.3 Å². The van der Waals surface area contributed by atoms with Crippen molar-refractivity contribution in [3.63, 3.8) is 0 Å². The summed E-state index contributed by atoms with van der Waals surface area (Å²) >= 11 is 1.27. The highest BCUT2D eigenvalue weighted by Crippen LogP contribution is 2.45. The largest absolute Gasteiger partial charge is 0.511 e. The zero-order chi connectivity index (χ0) is 24.4. The van der Waals surface area contributed by atoms with E-state index in [0.29, 0.717) is 12.8 Å². The third-order valence-electron chi connectivity index (χ3n) is 6.57. The van der Waals surface area contributed by atoms with Crippen molar-refractivity contribution in [3.05, 3.63) is 75.4 Å². The number of aryl methyl sites for hydroxylation is 2. The van der Waals surface area contributed by atoms with Crippen molar-refractivity contribution in [2.75, 3.05) is 0 Å². The standard InChI is InChI=1S/C28H36O4S/c1-18(2)28(13-12-20-10-8-7-9-11-20)16-23(30)25(26(31)32-28)33-24-14-19(3)21(17-29)15-22(24)27(4,5)6/h7-11,14-15,18,29-30H,12-13,16-17H2,1-6H3/t28-/m1/s1. The molecule has 4 nitrogen and oxygen atoms in total. The van der Waals surface area contributed by atoms with E-state index in [-0.39, 0.29) is 28.6 Å². The highest BCUT2D eigenvalue weighted by Gasteiger charge is 2.44. The van der Waals surface area contributed by atoms with E-state index in [0.717, 1.165) is 28.0 Å². The van der Waals surface area contributed by atoms with Crippen LogP contribution in [0.4, 0.5) is 0 Å². The number of cyclic esters (lactones) is 1. The number of ether oxygens (including phenoxy) is 1. The molecule has 33 heavy (non-hydrogen) atoms. The second-order valence-corrected chi connectivity index (χ2v) is 11.4. The van der Waals surface area contributed by atoms with Crippen molar-refractivity contribution in [2.45, 2.75) is 83.3 Å². The molecule has 0 aromatic heterocycles. The van der Waals surface area contributed by atoms with Crippen molar-refractivity contribution in [3.8, 4) is 0 Å².